The van der Waals surface area contributed by atoms with Gasteiger partial charge in [0.1, 0.15) is 24.8 Å². The number of hydrogen-bond donors (Lipinski definition) is 2. The molecule has 0 aromatic carbocycles. The number of rotatable bonds is 4. The number of allylic oxidation sites excluding steroid dienone is 3. The minimum absolute atomic E-state index is 0.361. The van der Waals surface area contributed by atoms with Crippen LogP contribution in [0.5, 0.6) is 0 Å². The molecule has 0 spiro atoms. The van der Waals surface area contributed by atoms with Crippen molar-refractivity contribution in [3.63, 3.8) is 0 Å². The molecule has 0 saturated heterocycles. The van der Waals surface area contributed by atoms with E-state index in [2.05, 4.69) is 4.72 Å². The van der Waals surface area contributed by atoms with Crippen molar-refractivity contribution >= 4 is 22.5 Å². The predicted molar refractivity (Wildman–Crippen MR) is 67.9 cm³/mol. The quantitative estimate of drug-likeness (QED) is 0.773. The summed E-state index contributed by atoms with van der Waals surface area (Å²) in [7, 11) is -2.78. The first-order chi connectivity index (χ1) is 8.68. The Bertz CT molecular complexity index is 511. The Labute approximate surface area is 111 Å². The van der Waals surface area contributed by atoms with E-state index < -0.39 is 16.9 Å². The van der Waals surface area contributed by atoms with Gasteiger partial charge in [-0.15, -0.1) is 0 Å². The fourth-order valence-electron chi connectivity index (χ4n) is 1.76. The highest BCUT2D eigenvalue weighted by Crippen LogP contribution is 2.29. The van der Waals surface area contributed by atoms with Crippen molar-refractivity contribution in [3.8, 4) is 0 Å². The minimum Gasteiger partial charge on any atom is -0.466 e. The Morgan fingerprint density at radius 1 is 1.39 bits per heavy atom. The Balaban J connectivity index is 2.30. The Hall–Kier alpha value is -1.24. The van der Waals surface area contributed by atoms with Gasteiger partial charge in [-0.1, -0.05) is 17.7 Å². The summed E-state index contributed by atoms with van der Waals surface area (Å²) in [5, 5.41) is 0.523. The molecule has 5 nitrogen and oxygen atoms in total. The largest absolute Gasteiger partial charge is 0.466 e. The summed E-state index contributed by atoms with van der Waals surface area (Å²) >= 11 is 6.09. The van der Waals surface area contributed by atoms with Crippen molar-refractivity contribution in [2.24, 2.45) is 0 Å². The van der Waals surface area contributed by atoms with Crippen LogP contribution in [0.3, 0.4) is 0 Å². The average Bonchev–Trinajstić information content (AvgIpc) is 2.38. The van der Waals surface area contributed by atoms with Gasteiger partial charge >= 0.3 is 0 Å². The van der Waals surface area contributed by atoms with Crippen LogP contribution >= 0.6 is 11.6 Å². The van der Waals surface area contributed by atoms with Crippen molar-refractivity contribution in [1.29, 1.82) is 0 Å². The van der Waals surface area contributed by atoms with Gasteiger partial charge in [0.25, 0.3) is 0 Å². The Morgan fingerprint density at radius 2 is 2.22 bits per heavy atom. The molecule has 0 saturated carbocycles. The van der Waals surface area contributed by atoms with E-state index in [9.17, 15) is 8.42 Å². The zero-order chi connectivity index (χ0) is 13.0. The summed E-state index contributed by atoms with van der Waals surface area (Å²) in [4.78, 5) is 0. The van der Waals surface area contributed by atoms with Gasteiger partial charge in [0.15, 0.2) is 5.76 Å². The van der Waals surface area contributed by atoms with Crippen LogP contribution in [-0.2, 0) is 20.4 Å². The molecule has 0 radical (unpaired) electrons. The molecule has 2 rings (SSSR count). The second kappa shape index (κ2) is 6.08. The topological polar surface area (TPSA) is 64.6 Å². The van der Waals surface area contributed by atoms with E-state index in [1.54, 1.807) is 6.08 Å². The first-order valence-electron chi connectivity index (χ1n) is 5.31. The molecule has 1 unspecified atom stereocenters. The van der Waals surface area contributed by atoms with Crippen molar-refractivity contribution in [2.45, 2.75) is 18.9 Å². The van der Waals surface area contributed by atoms with Gasteiger partial charge < -0.3 is 9.47 Å². The summed E-state index contributed by atoms with van der Waals surface area (Å²) < 4.78 is 34.5. The molecule has 7 heteroatoms. The highest BCUT2D eigenvalue weighted by Gasteiger charge is 2.25. The lowest BCUT2D eigenvalue weighted by molar-refractivity contribution is 0.239. The highest BCUT2D eigenvalue weighted by atomic mass is 35.5. The van der Waals surface area contributed by atoms with E-state index in [0.29, 0.717) is 17.2 Å². The molecular formula is C11H12ClNO4S. The third-order valence-electron chi connectivity index (χ3n) is 2.54. The van der Waals surface area contributed by atoms with Crippen molar-refractivity contribution in [3.05, 3.63) is 47.3 Å². The summed E-state index contributed by atoms with van der Waals surface area (Å²) in [6, 6.07) is -0.631. The Morgan fingerprint density at radius 3 is 2.83 bits per heavy atom. The van der Waals surface area contributed by atoms with Gasteiger partial charge in [-0.3, -0.25) is 0 Å². The number of thiol groups is 1. The van der Waals surface area contributed by atoms with Crippen molar-refractivity contribution < 1.29 is 17.9 Å². The van der Waals surface area contributed by atoms with E-state index in [-0.39, 0.29) is 0 Å². The van der Waals surface area contributed by atoms with E-state index in [4.69, 9.17) is 21.1 Å². The molecule has 1 N–H and O–H groups in total. The second-order valence-corrected chi connectivity index (χ2v) is 4.86. The minimum atomic E-state index is -2.78. The maximum Gasteiger partial charge on any atom is 0.202 e. The van der Waals surface area contributed by atoms with Crippen LogP contribution in [0.1, 0.15) is 12.8 Å². The zero-order valence-corrected chi connectivity index (χ0v) is 11.0. The summed E-state index contributed by atoms with van der Waals surface area (Å²) in [5.74, 6) is 0.361. The van der Waals surface area contributed by atoms with Crippen molar-refractivity contribution in [1.82, 2.24) is 4.72 Å². The summed E-state index contributed by atoms with van der Waals surface area (Å²) in [5.41, 5.74) is 0.767. The molecule has 0 fully saturated rings. The summed E-state index contributed by atoms with van der Waals surface area (Å²) in [6.07, 6.45) is 9.22. The number of nitrogens with one attached hydrogen (secondary N) is 1. The fraction of sp³-hybridized carbons (Fsp3) is 0.273. The fourth-order valence-corrected chi connectivity index (χ4v) is 2.55. The van der Waals surface area contributed by atoms with Crippen LogP contribution in [0.2, 0.25) is 0 Å². The van der Waals surface area contributed by atoms with Crippen LogP contribution in [0.15, 0.2) is 47.3 Å². The van der Waals surface area contributed by atoms with E-state index >= 15 is 0 Å². The molecule has 0 amide bonds. The third-order valence-corrected chi connectivity index (χ3v) is 3.38. The standard InChI is InChI=1S/C11H12ClNO4S/c12-9-4-2-1-3-8(9)11(13-18(14)15)10-7-16-5-6-17-10/h2,4-7,11,18H,1,3H2,(H,13,14,15). The molecule has 98 valence electrons. The lowest BCUT2D eigenvalue weighted by atomic mass is 9.97. The SMILES string of the molecule is O=[SH](=O)NC(C1=COC=CO1)C1=C(Cl)C=CCC1. The summed E-state index contributed by atoms with van der Waals surface area (Å²) in [6.45, 7) is 0. The van der Waals surface area contributed by atoms with Crippen LogP contribution in [0.25, 0.3) is 0 Å². The van der Waals surface area contributed by atoms with Gasteiger partial charge in [-0.25, -0.2) is 13.1 Å². The smallest absolute Gasteiger partial charge is 0.202 e. The van der Waals surface area contributed by atoms with Crippen LogP contribution in [0.4, 0.5) is 0 Å². The highest BCUT2D eigenvalue weighted by molar-refractivity contribution is 7.70. The van der Waals surface area contributed by atoms with E-state index in [0.717, 1.165) is 12.0 Å². The lowest BCUT2D eigenvalue weighted by Crippen LogP contribution is -2.33. The number of ether oxygens (including phenoxy) is 2. The lowest BCUT2D eigenvalue weighted by Gasteiger charge is -2.24. The molecule has 1 aliphatic carbocycles. The van der Waals surface area contributed by atoms with Crippen LogP contribution in [-0.4, -0.2) is 14.5 Å². The van der Waals surface area contributed by atoms with Gasteiger partial charge in [0.05, 0.1) is 0 Å². The van der Waals surface area contributed by atoms with Crippen LogP contribution < -0.4 is 4.72 Å². The average molecular weight is 290 g/mol. The molecule has 0 bridgehead atoms. The predicted octanol–water partition coefficient (Wildman–Crippen LogP) is 1.67. The molecule has 2 aliphatic rings. The van der Waals surface area contributed by atoms with E-state index in [1.807, 2.05) is 6.08 Å². The molecule has 1 aliphatic heterocycles. The second-order valence-electron chi connectivity index (χ2n) is 3.68. The number of hydrogen-bond acceptors (Lipinski definition) is 4. The van der Waals surface area contributed by atoms with Gasteiger partial charge in [-0.2, -0.15) is 0 Å². The maximum atomic E-state index is 10.9. The molecular weight excluding hydrogens is 278 g/mol. The van der Waals surface area contributed by atoms with Gasteiger partial charge in [-0.05, 0) is 24.5 Å². The molecule has 0 aromatic heterocycles. The first kappa shape index (κ1) is 13.2. The zero-order valence-electron chi connectivity index (χ0n) is 9.34. The first-order valence-corrected chi connectivity index (χ1v) is 6.87. The number of halogens is 1. The molecule has 1 atom stereocenters. The normalized spacial score (nSPS) is 20.4. The Kier molecular flexibility index (Phi) is 4.46. The van der Waals surface area contributed by atoms with Gasteiger partial charge in [0.2, 0.25) is 10.9 Å². The van der Waals surface area contributed by atoms with Crippen LogP contribution in [0, 0.1) is 0 Å². The third kappa shape index (κ3) is 3.16. The maximum absolute atomic E-state index is 10.9. The van der Waals surface area contributed by atoms with Crippen molar-refractivity contribution in [2.75, 3.05) is 0 Å². The molecule has 18 heavy (non-hydrogen) atoms. The van der Waals surface area contributed by atoms with Gasteiger partial charge in [0, 0.05) is 5.03 Å². The van der Waals surface area contributed by atoms with E-state index in [1.165, 1.54) is 18.8 Å². The monoisotopic (exact) mass is 289 g/mol. The molecule has 0 aromatic rings. The molecule has 1 heterocycles.